The zero-order valence-corrected chi connectivity index (χ0v) is 17.4. The maximum absolute atomic E-state index is 11.8. The molecule has 25 heavy (non-hydrogen) atoms. The van der Waals surface area contributed by atoms with Gasteiger partial charge in [0.25, 0.3) is 0 Å². The minimum absolute atomic E-state index is 0.00617. The predicted octanol–water partition coefficient (Wildman–Crippen LogP) is 4.06. The lowest BCUT2D eigenvalue weighted by Crippen LogP contribution is -2.47. The fraction of sp³-hybridized carbons (Fsp3) is 0.952. The summed E-state index contributed by atoms with van der Waals surface area (Å²) < 4.78 is 5.76. The topological polar surface area (TPSA) is 49.4 Å². The summed E-state index contributed by atoms with van der Waals surface area (Å²) >= 11 is 0. The number of unbranched alkanes of at least 4 members (excludes halogenated alkanes) is 11. The van der Waals surface area contributed by atoms with Gasteiger partial charge >= 0.3 is 5.97 Å². The highest BCUT2D eigenvalue weighted by molar-refractivity contribution is 5.69. The van der Waals surface area contributed by atoms with Crippen molar-refractivity contribution in [2.45, 2.75) is 96.5 Å². The van der Waals surface area contributed by atoms with Gasteiger partial charge in [-0.25, -0.2) is 0 Å². The molecule has 0 bridgehead atoms. The first kappa shape index (κ1) is 24.4. The monoisotopic (exact) mass is 357 g/mol. The number of nitrogens with zero attached hydrogens (tertiary/aromatic N) is 1. The summed E-state index contributed by atoms with van der Waals surface area (Å²) in [4.78, 5) is 11.6. The highest BCUT2D eigenvalue weighted by Gasteiger charge is 2.13. The minimum Gasteiger partial charge on any atom is -0.848 e. The molecule has 0 saturated carbocycles. The van der Waals surface area contributed by atoms with Crippen LogP contribution in [-0.4, -0.2) is 50.9 Å². The van der Waals surface area contributed by atoms with E-state index in [1.54, 1.807) is 0 Å². The van der Waals surface area contributed by atoms with Crippen molar-refractivity contribution in [1.82, 2.24) is 0 Å². The molecule has 0 spiro atoms. The molecule has 150 valence electrons. The Kier molecular flexibility index (Phi) is 15.2. The van der Waals surface area contributed by atoms with Gasteiger partial charge in [-0.3, -0.25) is 4.79 Å². The number of carbonyl (C=O) groups excluding carboxylic acids is 1. The molecule has 0 heterocycles. The Morgan fingerprint density at radius 2 is 1.28 bits per heavy atom. The number of esters is 1. The molecular formula is C21H43NO3. The first-order chi connectivity index (χ1) is 11.8. The number of hydrogen-bond acceptors (Lipinski definition) is 3. The van der Waals surface area contributed by atoms with Crippen LogP contribution >= 0.6 is 0 Å². The lowest BCUT2D eigenvalue weighted by molar-refractivity contribution is -0.880. The molecule has 0 rings (SSSR count). The van der Waals surface area contributed by atoms with Crippen LogP contribution in [0.1, 0.15) is 90.4 Å². The average Bonchev–Trinajstić information content (AvgIpc) is 2.49. The van der Waals surface area contributed by atoms with E-state index < -0.39 is 6.10 Å². The van der Waals surface area contributed by atoms with Gasteiger partial charge in [-0.1, -0.05) is 83.7 Å². The summed E-state index contributed by atoms with van der Waals surface area (Å²) in [5.74, 6) is -0.337. The SMILES string of the molecule is CCCCCCCCCCCCCCOC(=O)CC([O-])C[N+](C)(C)C. The second kappa shape index (κ2) is 15.6. The summed E-state index contributed by atoms with van der Waals surface area (Å²) in [6, 6.07) is 0. The quantitative estimate of drug-likeness (QED) is 0.224. The van der Waals surface area contributed by atoms with Gasteiger partial charge in [0.15, 0.2) is 0 Å². The van der Waals surface area contributed by atoms with Crippen LogP contribution in [0.5, 0.6) is 0 Å². The molecule has 0 aromatic rings. The third-order valence-electron chi connectivity index (χ3n) is 4.41. The number of quaternary nitrogens is 1. The molecule has 1 atom stereocenters. The lowest BCUT2D eigenvalue weighted by Gasteiger charge is -2.31. The van der Waals surface area contributed by atoms with Crippen LogP contribution in [0.25, 0.3) is 0 Å². The van der Waals surface area contributed by atoms with Crippen LogP contribution in [-0.2, 0) is 9.53 Å². The Labute approximate surface area is 156 Å². The highest BCUT2D eigenvalue weighted by atomic mass is 16.5. The van der Waals surface area contributed by atoms with Crippen LogP contribution in [0.2, 0.25) is 0 Å². The van der Waals surface area contributed by atoms with Crippen molar-refractivity contribution in [2.24, 2.45) is 0 Å². The molecule has 1 unspecified atom stereocenters. The Balaban J connectivity index is 3.31. The molecule has 0 saturated heterocycles. The summed E-state index contributed by atoms with van der Waals surface area (Å²) in [6.07, 6.45) is 14.6. The summed E-state index contributed by atoms with van der Waals surface area (Å²) in [5, 5.41) is 11.8. The number of carbonyl (C=O) groups is 1. The van der Waals surface area contributed by atoms with Gasteiger partial charge in [0.1, 0.15) is 0 Å². The standard InChI is InChI=1S/C21H43NO3/c1-5-6-7-8-9-10-11-12-13-14-15-16-17-25-21(24)18-20(23)19-22(2,3)4/h20H,5-19H2,1-4H3. The van der Waals surface area contributed by atoms with E-state index in [9.17, 15) is 9.90 Å². The van der Waals surface area contributed by atoms with E-state index in [0.717, 1.165) is 12.8 Å². The van der Waals surface area contributed by atoms with Gasteiger partial charge in [0, 0.05) is 6.42 Å². The smallest absolute Gasteiger partial charge is 0.304 e. The van der Waals surface area contributed by atoms with Gasteiger partial charge in [-0.15, -0.1) is 0 Å². The molecule has 0 radical (unpaired) electrons. The first-order valence-electron chi connectivity index (χ1n) is 10.5. The van der Waals surface area contributed by atoms with Gasteiger partial charge in [0.2, 0.25) is 0 Å². The Morgan fingerprint density at radius 3 is 1.72 bits per heavy atom. The number of ether oxygens (including phenoxy) is 1. The maximum Gasteiger partial charge on any atom is 0.304 e. The Hall–Kier alpha value is -0.610. The fourth-order valence-electron chi connectivity index (χ4n) is 3.05. The highest BCUT2D eigenvalue weighted by Crippen LogP contribution is 2.12. The van der Waals surface area contributed by atoms with E-state index in [0.29, 0.717) is 17.6 Å². The van der Waals surface area contributed by atoms with Crippen molar-refractivity contribution >= 4 is 5.97 Å². The second-order valence-electron chi connectivity index (χ2n) is 8.41. The minimum atomic E-state index is -0.866. The molecular weight excluding hydrogens is 314 g/mol. The van der Waals surface area contributed by atoms with Crippen molar-refractivity contribution in [3.8, 4) is 0 Å². The number of rotatable bonds is 17. The zero-order chi connectivity index (χ0) is 19.0. The van der Waals surface area contributed by atoms with E-state index in [-0.39, 0.29) is 12.4 Å². The maximum atomic E-state index is 11.8. The summed E-state index contributed by atoms with van der Waals surface area (Å²) in [6.45, 7) is 3.18. The second-order valence-corrected chi connectivity index (χ2v) is 8.41. The van der Waals surface area contributed by atoms with Crippen molar-refractivity contribution in [3.05, 3.63) is 0 Å². The molecule has 0 amide bonds. The fourth-order valence-corrected chi connectivity index (χ4v) is 3.05. The molecule has 0 aromatic carbocycles. The van der Waals surface area contributed by atoms with Gasteiger partial charge in [-0.05, 0) is 6.42 Å². The molecule has 0 aliphatic carbocycles. The third-order valence-corrected chi connectivity index (χ3v) is 4.41. The van der Waals surface area contributed by atoms with Crippen LogP contribution in [0, 0.1) is 0 Å². The van der Waals surface area contributed by atoms with Crippen LogP contribution in [0.4, 0.5) is 0 Å². The molecule has 0 N–H and O–H groups in total. The van der Waals surface area contributed by atoms with E-state index >= 15 is 0 Å². The van der Waals surface area contributed by atoms with Gasteiger partial charge in [0.05, 0.1) is 34.3 Å². The molecule has 0 aromatic heterocycles. The average molecular weight is 358 g/mol. The number of likely N-dealkylation sites (N-methyl/N-ethyl adjacent to an activating group) is 1. The third kappa shape index (κ3) is 19.6. The summed E-state index contributed by atoms with van der Waals surface area (Å²) in [5.41, 5.74) is 0. The van der Waals surface area contributed by atoms with E-state index in [4.69, 9.17) is 4.74 Å². The lowest BCUT2D eigenvalue weighted by atomic mass is 10.1. The number of hydrogen-bond donors (Lipinski definition) is 0. The molecule has 0 aliphatic rings. The van der Waals surface area contributed by atoms with E-state index in [2.05, 4.69) is 6.92 Å². The Morgan fingerprint density at radius 1 is 0.840 bits per heavy atom. The largest absolute Gasteiger partial charge is 0.848 e. The van der Waals surface area contributed by atoms with Crippen LogP contribution < -0.4 is 5.11 Å². The van der Waals surface area contributed by atoms with Crippen molar-refractivity contribution in [1.29, 1.82) is 0 Å². The van der Waals surface area contributed by atoms with Gasteiger partial charge < -0.3 is 14.3 Å². The van der Waals surface area contributed by atoms with Crippen molar-refractivity contribution < 1.29 is 19.1 Å². The van der Waals surface area contributed by atoms with Gasteiger partial charge in [-0.2, -0.15) is 0 Å². The van der Waals surface area contributed by atoms with Crippen LogP contribution in [0.15, 0.2) is 0 Å². The molecule has 4 heteroatoms. The van der Waals surface area contributed by atoms with Crippen LogP contribution in [0.3, 0.4) is 0 Å². The van der Waals surface area contributed by atoms with Crippen molar-refractivity contribution in [3.63, 3.8) is 0 Å². The zero-order valence-electron chi connectivity index (χ0n) is 17.4. The predicted molar refractivity (Wildman–Crippen MR) is 103 cm³/mol. The van der Waals surface area contributed by atoms with E-state index in [1.807, 2.05) is 21.1 Å². The molecule has 0 fully saturated rings. The van der Waals surface area contributed by atoms with E-state index in [1.165, 1.54) is 64.2 Å². The Bertz CT molecular complexity index is 313. The molecule has 0 aliphatic heterocycles. The normalized spacial score (nSPS) is 13.0. The van der Waals surface area contributed by atoms with Crippen molar-refractivity contribution in [2.75, 3.05) is 34.3 Å². The first-order valence-corrected chi connectivity index (χ1v) is 10.5. The summed E-state index contributed by atoms with van der Waals surface area (Å²) in [7, 11) is 5.88. The molecule has 4 nitrogen and oxygen atoms in total.